The fourth-order valence-corrected chi connectivity index (χ4v) is 3.95. The van der Waals surface area contributed by atoms with E-state index >= 15 is 0 Å². The molecule has 1 fully saturated rings. The smallest absolute Gasteiger partial charge is 0.407 e. The number of hydrogen-bond acceptors (Lipinski definition) is 6. The van der Waals surface area contributed by atoms with Gasteiger partial charge in [-0.15, -0.1) is 11.3 Å². The fourth-order valence-electron chi connectivity index (χ4n) is 3.21. The Bertz CT molecular complexity index is 1050. The molecule has 0 bridgehead atoms. The van der Waals surface area contributed by atoms with Crippen LogP contribution in [0, 0.1) is 6.92 Å². The summed E-state index contributed by atoms with van der Waals surface area (Å²) < 4.78 is 5.35. The van der Waals surface area contributed by atoms with E-state index in [0.717, 1.165) is 46.1 Å². The molecule has 2 aromatic rings. The molecule has 1 aromatic heterocycles. The number of nitrogens with zero attached hydrogens (tertiary/aromatic N) is 1. The first-order valence-corrected chi connectivity index (χ1v) is 11.7. The van der Waals surface area contributed by atoms with Crippen LogP contribution in [0.25, 0.3) is 17.3 Å². The molecule has 1 saturated carbocycles. The maximum Gasteiger partial charge on any atom is 0.407 e. The van der Waals surface area contributed by atoms with Gasteiger partial charge in [0.15, 0.2) is 10.9 Å². The Labute approximate surface area is 193 Å². The van der Waals surface area contributed by atoms with E-state index in [0.29, 0.717) is 6.54 Å². The van der Waals surface area contributed by atoms with Crippen LogP contribution in [-0.4, -0.2) is 29.0 Å². The van der Waals surface area contributed by atoms with Gasteiger partial charge in [-0.1, -0.05) is 18.2 Å². The lowest BCUT2D eigenvalue weighted by molar-refractivity contribution is -0.112. The predicted molar refractivity (Wildman–Crippen MR) is 131 cm³/mol. The summed E-state index contributed by atoms with van der Waals surface area (Å²) in [5.74, 6) is 0.0289. The molecule has 7 heteroatoms. The zero-order valence-corrected chi connectivity index (χ0v) is 20.2. The van der Waals surface area contributed by atoms with Crippen molar-refractivity contribution < 1.29 is 14.3 Å². The van der Waals surface area contributed by atoms with Crippen molar-refractivity contribution in [2.24, 2.45) is 0 Å². The molecule has 1 aromatic carbocycles. The van der Waals surface area contributed by atoms with Gasteiger partial charge in [0, 0.05) is 16.6 Å². The number of benzene rings is 1. The Hall–Kier alpha value is -2.93. The van der Waals surface area contributed by atoms with E-state index in [2.05, 4.69) is 16.7 Å². The van der Waals surface area contributed by atoms with Gasteiger partial charge in [0.1, 0.15) is 5.60 Å². The Morgan fingerprint density at radius 2 is 2.00 bits per heavy atom. The van der Waals surface area contributed by atoms with Gasteiger partial charge >= 0.3 is 6.09 Å². The number of thiazole rings is 1. The molecule has 1 aliphatic rings. The SMILES string of the molecule is CC(=O)/C=C\c1ccc(-c2csc(NC(CNC(=O)OC(C)(C)C)=C3CCC3)n2)cc1C. The lowest BCUT2D eigenvalue weighted by Crippen LogP contribution is -2.35. The van der Waals surface area contributed by atoms with E-state index in [9.17, 15) is 9.59 Å². The van der Waals surface area contributed by atoms with E-state index in [1.54, 1.807) is 13.0 Å². The van der Waals surface area contributed by atoms with E-state index in [1.807, 2.05) is 51.3 Å². The molecular formula is C25H31N3O3S. The maximum atomic E-state index is 12.1. The number of aryl methyl sites for hydroxylation is 1. The summed E-state index contributed by atoms with van der Waals surface area (Å²) in [4.78, 5) is 28.0. The van der Waals surface area contributed by atoms with Crippen molar-refractivity contribution in [3.63, 3.8) is 0 Å². The molecular weight excluding hydrogens is 422 g/mol. The van der Waals surface area contributed by atoms with Crippen LogP contribution in [0.3, 0.4) is 0 Å². The highest BCUT2D eigenvalue weighted by Gasteiger charge is 2.19. The van der Waals surface area contributed by atoms with Crippen LogP contribution in [0.4, 0.5) is 9.93 Å². The number of carbonyl (C=O) groups is 2. The van der Waals surface area contributed by atoms with Crippen molar-refractivity contribution in [2.75, 3.05) is 11.9 Å². The van der Waals surface area contributed by atoms with Gasteiger partial charge < -0.3 is 15.4 Å². The third-order valence-corrected chi connectivity index (χ3v) is 5.78. The molecule has 2 N–H and O–H groups in total. The number of carbonyl (C=O) groups excluding carboxylic acids is 2. The number of anilines is 1. The second-order valence-corrected chi connectivity index (χ2v) is 9.83. The van der Waals surface area contributed by atoms with Crippen LogP contribution in [0.2, 0.25) is 0 Å². The molecule has 1 amide bonds. The molecule has 6 nitrogen and oxygen atoms in total. The van der Waals surface area contributed by atoms with Crippen molar-refractivity contribution >= 4 is 34.4 Å². The molecule has 32 heavy (non-hydrogen) atoms. The number of ketones is 1. The number of allylic oxidation sites excluding steroid dienone is 2. The number of nitrogens with one attached hydrogen (secondary N) is 2. The van der Waals surface area contributed by atoms with Crippen molar-refractivity contribution in [1.82, 2.24) is 10.3 Å². The average molecular weight is 454 g/mol. The summed E-state index contributed by atoms with van der Waals surface area (Å²) in [6.07, 6.45) is 6.22. The number of alkyl carbamates (subject to hydrolysis) is 1. The molecule has 0 radical (unpaired) electrons. The summed E-state index contributed by atoms with van der Waals surface area (Å²) in [6, 6.07) is 6.10. The molecule has 0 unspecified atom stereocenters. The summed E-state index contributed by atoms with van der Waals surface area (Å²) >= 11 is 1.53. The Balaban J connectivity index is 1.69. The predicted octanol–water partition coefficient (Wildman–Crippen LogP) is 6.10. The van der Waals surface area contributed by atoms with Gasteiger partial charge in [-0.25, -0.2) is 9.78 Å². The first-order chi connectivity index (χ1) is 15.1. The zero-order chi connectivity index (χ0) is 23.3. The van der Waals surface area contributed by atoms with E-state index < -0.39 is 11.7 Å². The standard InChI is InChI=1S/C25H31N3O3S/c1-16-13-20(12-11-18(16)10-9-17(2)29)22-15-32-23(28-22)27-21(19-7-6-8-19)14-26-24(30)31-25(3,4)5/h9-13,15H,6-8,14H2,1-5H3,(H,26,30)(H,27,28)/b10-9-. The van der Waals surface area contributed by atoms with Crippen LogP contribution in [0.5, 0.6) is 0 Å². The fraction of sp³-hybridized carbons (Fsp3) is 0.400. The first kappa shape index (κ1) is 23.7. The number of amides is 1. The molecule has 0 spiro atoms. The molecule has 3 rings (SSSR count). The van der Waals surface area contributed by atoms with Crippen LogP contribution < -0.4 is 10.6 Å². The molecule has 1 aliphatic carbocycles. The highest BCUT2D eigenvalue weighted by atomic mass is 32.1. The molecule has 0 atom stereocenters. The van der Waals surface area contributed by atoms with Gasteiger partial charge in [-0.3, -0.25) is 4.79 Å². The second kappa shape index (κ2) is 10.1. The van der Waals surface area contributed by atoms with Gasteiger partial charge in [-0.05, 0) is 82.7 Å². The quantitative estimate of drug-likeness (QED) is 0.496. The van der Waals surface area contributed by atoms with E-state index in [-0.39, 0.29) is 5.78 Å². The van der Waals surface area contributed by atoms with Crippen molar-refractivity contribution in [3.8, 4) is 11.3 Å². The average Bonchev–Trinajstić information content (AvgIpc) is 3.10. The molecule has 1 heterocycles. The van der Waals surface area contributed by atoms with Crippen molar-refractivity contribution in [3.05, 3.63) is 52.1 Å². The highest BCUT2D eigenvalue weighted by Crippen LogP contribution is 2.32. The normalized spacial score (nSPS) is 13.6. The molecule has 0 saturated heterocycles. The van der Waals surface area contributed by atoms with Crippen LogP contribution in [0.15, 0.2) is 40.9 Å². The van der Waals surface area contributed by atoms with Gasteiger partial charge in [0.05, 0.1) is 12.2 Å². The summed E-state index contributed by atoms with van der Waals surface area (Å²) in [5, 5.41) is 9.07. The minimum absolute atomic E-state index is 0.0289. The minimum atomic E-state index is -0.527. The highest BCUT2D eigenvalue weighted by molar-refractivity contribution is 7.14. The summed E-state index contributed by atoms with van der Waals surface area (Å²) in [7, 11) is 0. The Morgan fingerprint density at radius 3 is 2.59 bits per heavy atom. The maximum absolute atomic E-state index is 12.1. The Morgan fingerprint density at radius 1 is 1.25 bits per heavy atom. The lowest BCUT2D eigenvalue weighted by Gasteiger charge is -2.24. The van der Waals surface area contributed by atoms with E-state index in [1.165, 1.54) is 23.3 Å². The lowest BCUT2D eigenvalue weighted by atomic mass is 9.90. The Kier molecular flexibility index (Phi) is 7.51. The van der Waals surface area contributed by atoms with Gasteiger partial charge in [0.25, 0.3) is 0 Å². The zero-order valence-electron chi connectivity index (χ0n) is 19.4. The number of aromatic nitrogens is 1. The molecule has 0 aliphatic heterocycles. The summed E-state index contributed by atoms with van der Waals surface area (Å²) in [5.41, 5.74) is 5.79. The third-order valence-electron chi connectivity index (χ3n) is 5.02. The van der Waals surface area contributed by atoms with Crippen LogP contribution in [-0.2, 0) is 9.53 Å². The second-order valence-electron chi connectivity index (χ2n) is 8.97. The topological polar surface area (TPSA) is 80.3 Å². The van der Waals surface area contributed by atoms with E-state index in [4.69, 9.17) is 9.72 Å². The van der Waals surface area contributed by atoms with Crippen LogP contribution >= 0.6 is 11.3 Å². The van der Waals surface area contributed by atoms with Crippen LogP contribution in [0.1, 0.15) is 58.1 Å². The van der Waals surface area contributed by atoms with Gasteiger partial charge in [-0.2, -0.15) is 0 Å². The summed E-state index contributed by atoms with van der Waals surface area (Å²) in [6.45, 7) is 9.50. The van der Waals surface area contributed by atoms with Crippen molar-refractivity contribution in [2.45, 2.75) is 59.5 Å². The van der Waals surface area contributed by atoms with Crippen molar-refractivity contribution in [1.29, 1.82) is 0 Å². The third kappa shape index (κ3) is 6.79. The molecule has 170 valence electrons. The minimum Gasteiger partial charge on any atom is -0.444 e. The first-order valence-electron chi connectivity index (χ1n) is 10.8. The van der Waals surface area contributed by atoms with Gasteiger partial charge in [0.2, 0.25) is 0 Å². The number of rotatable bonds is 7. The number of ether oxygens (including phenoxy) is 1. The monoisotopic (exact) mass is 453 g/mol. The number of hydrogen-bond donors (Lipinski definition) is 2. The largest absolute Gasteiger partial charge is 0.444 e.